The van der Waals surface area contributed by atoms with Crippen LogP contribution in [0.3, 0.4) is 0 Å². The Morgan fingerprint density at radius 2 is 1.79 bits per heavy atom. The van der Waals surface area contributed by atoms with E-state index < -0.39 is 16.0 Å². The van der Waals surface area contributed by atoms with Crippen LogP contribution in [-0.4, -0.2) is 31.4 Å². The number of carbonyl (C=O) groups excluding carboxylic acids is 2. The zero-order valence-corrected chi connectivity index (χ0v) is 20.8. The summed E-state index contributed by atoms with van der Waals surface area (Å²) in [5.74, 6) is 1.55. The lowest BCUT2D eigenvalue weighted by molar-refractivity contribution is -0.142. The summed E-state index contributed by atoms with van der Waals surface area (Å²) in [6.45, 7) is 4.65. The minimum absolute atomic E-state index is 0.141. The zero-order valence-electron chi connectivity index (χ0n) is 20.0. The van der Waals surface area contributed by atoms with E-state index in [1.807, 2.05) is 0 Å². The Morgan fingerprint density at radius 3 is 2.53 bits per heavy atom. The van der Waals surface area contributed by atoms with Crippen molar-refractivity contribution in [3.8, 4) is 5.75 Å². The van der Waals surface area contributed by atoms with E-state index in [9.17, 15) is 23.1 Å². The number of primary sulfonamides is 1. The number of esters is 1. The van der Waals surface area contributed by atoms with Crippen LogP contribution in [0.1, 0.15) is 82.0 Å². The van der Waals surface area contributed by atoms with E-state index >= 15 is 0 Å². The van der Waals surface area contributed by atoms with E-state index in [-0.39, 0.29) is 33.1 Å². The van der Waals surface area contributed by atoms with Gasteiger partial charge >= 0.3 is 5.97 Å². The molecule has 5 rings (SSSR count). The van der Waals surface area contributed by atoms with Gasteiger partial charge in [-0.25, -0.2) is 18.4 Å². The van der Waals surface area contributed by atoms with E-state index in [1.165, 1.54) is 6.07 Å². The number of nitrogens with two attached hydrogens (primary N) is 1. The first-order chi connectivity index (χ1) is 15.9. The van der Waals surface area contributed by atoms with Crippen LogP contribution in [0.15, 0.2) is 23.1 Å². The predicted octanol–water partition coefficient (Wildman–Crippen LogP) is 4.18. The molecule has 0 radical (unpaired) electrons. The molecule has 7 nitrogen and oxygen atoms in total. The SMILES string of the molecule is C[C@]12CCC(=O)CC1CCC1C2CC[C@@]2(C)C1CC[C@@H]2OC(=O)c1cc(S(N)(=O)=O)ccc1O. The lowest BCUT2D eigenvalue weighted by Gasteiger charge is -2.60. The van der Waals surface area contributed by atoms with E-state index in [2.05, 4.69) is 13.8 Å². The molecule has 4 unspecified atom stereocenters. The van der Waals surface area contributed by atoms with Gasteiger partial charge in [0.2, 0.25) is 10.0 Å². The number of phenolic OH excluding ortho intramolecular Hbond substituents is 1. The summed E-state index contributed by atoms with van der Waals surface area (Å²) in [5, 5.41) is 15.4. The van der Waals surface area contributed by atoms with Gasteiger partial charge in [-0.05, 0) is 92.2 Å². The number of fused-ring (bicyclic) bond motifs is 5. The van der Waals surface area contributed by atoms with Gasteiger partial charge in [-0.2, -0.15) is 0 Å². The summed E-state index contributed by atoms with van der Waals surface area (Å²) >= 11 is 0. The number of rotatable bonds is 3. The molecule has 7 atom stereocenters. The van der Waals surface area contributed by atoms with Gasteiger partial charge in [0, 0.05) is 18.3 Å². The molecular formula is C26H35NO6S. The number of ketones is 1. The fraction of sp³-hybridized carbons (Fsp3) is 0.692. The Morgan fingerprint density at radius 1 is 1.06 bits per heavy atom. The van der Waals surface area contributed by atoms with Crippen molar-refractivity contribution in [2.75, 3.05) is 0 Å². The third-order valence-corrected chi connectivity index (χ3v) is 11.1. The van der Waals surface area contributed by atoms with Crippen LogP contribution in [0.5, 0.6) is 5.75 Å². The quantitative estimate of drug-likeness (QED) is 0.614. The maximum absolute atomic E-state index is 13.0. The van der Waals surface area contributed by atoms with E-state index in [0.717, 1.165) is 63.5 Å². The van der Waals surface area contributed by atoms with Crippen molar-refractivity contribution in [2.24, 2.45) is 39.6 Å². The third kappa shape index (κ3) is 3.68. The molecule has 4 aliphatic carbocycles. The van der Waals surface area contributed by atoms with Gasteiger partial charge in [-0.3, -0.25) is 4.79 Å². The van der Waals surface area contributed by atoms with E-state index in [1.54, 1.807) is 0 Å². The Balaban J connectivity index is 1.35. The fourth-order valence-corrected chi connectivity index (χ4v) is 8.78. The molecule has 0 spiro atoms. The fourth-order valence-electron chi connectivity index (χ4n) is 8.24. The van der Waals surface area contributed by atoms with Crippen LogP contribution >= 0.6 is 0 Å². The molecule has 4 saturated carbocycles. The maximum Gasteiger partial charge on any atom is 0.342 e. The van der Waals surface area contributed by atoms with Crippen molar-refractivity contribution in [3.05, 3.63) is 23.8 Å². The third-order valence-electron chi connectivity index (χ3n) is 10.2. The first-order valence-electron chi connectivity index (χ1n) is 12.5. The van der Waals surface area contributed by atoms with Crippen LogP contribution in [0.4, 0.5) is 0 Å². The molecule has 4 aliphatic rings. The number of hydrogen-bond acceptors (Lipinski definition) is 6. The van der Waals surface area contributed by atoms with Crippen LogP contribution < -0.4 is 5.14 Å². The summed E-state index contributed by atoms with van der Waals surface area (Å²) in [5.41, 5.74) is -0.0861. The number of Topliss-reactive ketones (excluding diaryl/α,β-unsaturated/α-hetero) is 1. The number of benzene rings is 1. The van der Waals surface area contributed by atoms with Gasteiger partial charge in [-0.15, -0.1) is 0 Å². The van der Waals surface area contributed by atoms with Gasteiger partial charge in [-0.1, -0.05) is 13.8 Å². The number of sulfonamides is 1. The number of carbonyl (C=O) groups is 2. The molecule has 186 valence electrons. The largest absolute Gasteiger partial charge is 0.507 e. The summed E-state index contributed by atoms with van der Waals surface area (Å²) in [6.07, 6.45) is 8.23. The van der Waals surface area contributed by atoms with Gasteiger partial charge in [0.15, 0.2) is 0 Å². The Hall–Kier alpha value is -1.93. The summed E-state index contributed by atoms with van der Waals surface area (Å²) in [7, 11) is -4.01. The van der Waals surface area contributed by atoms with Crippen LogP contribution in [-0.2, 0) is 19.6 Å². The Bertz CT molecular complexity index is 1130. The molecule has 0 amide bonds. The average Bonchev–Trinajstić information content (AvgIpc) is 3.10. The van der Waals surface area contributed by atoms with Gasteiger partial charge < -0.3 is 9.84 Å². The van der Waals surface area contributed by atoms with E-state index in [4.69, 9.17) is 9.88 Å². The number of aromatic hydroxyl groups is 1. The highest BCUT2D eigenvalue weighted by Crippen LogP contribution is 2.66. The molecular weight excluding hydrogens is 454 g/mol. The smallest absolute Gasteiger partial charge is 0.342 e. The van der Waals surface area contributed by atoms with Crippen LogP contribution in [0.25, 0.3) is 0 Å². The highest BCUT2D eigenvalue weighted by molar-refractivity contribution is 7.89. The summed E-state index contributed by atoms with van der Waals surface area (Å²) in [4.78, 5) is 24.9. The first-order valence-corrected chi connectivity index (χ1v) is 14.1. The topological polar surface area (TPSA) is 124 Å². The Labute approximate surface area is 201 Å². The second-order valence-corrected chi connectivity index (χ2v) is 13.2. The molecule has 0 saturated heterocycles. The molecule has 0 aromatic heterocycles. The molecule has 0 heterocycles. The Kier molecular flexibility index (Phi) is 5.63. The van der Waals surface area contributed by atoms with E-state index in [0.29, 0.717) is 35.9 Å². The second kappa shape index (κ2) is 8.05. The monoisotopic (exact) mass is 489 g/mol. The van der Waals surface area contributed by atoms with Crippen LogP contribution in [0.2, 0.25) is 0 Å². The van der Waals surface area contributed by atoms with Gasteiger partial charge in [0.25, 0.3) is 0 Å². The summed E-state index contributed by atoms with van der Waals surface area (Å²) < 4.78 is 29.4. The number of hydrogen-bond donors (Lipinski definition) is 2. The highest BCUT2D eigenvalue weighted by Gasteiger charge is 2.61. The molecule has 1 aromatic rings. The zero-order chi connectivity index (χ0) is 24.5. The van der Waals surface area contributed by atoms with Crippen molar-refractivity contribution in [1.82, 2.24) is 0 Å². The predicted molar refractivity (Wildman–Crippen MR) is 125 cm³/mol. The lowest BCUT2D eigenvalue weighted by Crippen LogP contribution is -2.54. The second-order valence-electron chi connectivity index (χ2n) is 11.6. The minimum atomic E-state index is -4.01. The van der Waals surface area contributed by atoms with Crippen molar-refractivity contribution in [1.29, 1.82) is 0 Å². The summed E-state index contributed by atoms with van der Waals surface area (Å²) in [6, 6.07) is 3.42. The van der Waals surface area contributed by atoms with Gasteiger partial charge in [0.1, 0.15) is 23.2 Å². The molecule has 3 N–H and O–H groups in total. The van der Waals surface area contributed by atoms with Crippen molar-refractivity contribution in [3.63, 3.8) is 0 Å². The van der Waals surface area contributed by atoms with Crippen molar-refractivity contribution in [2.45, 2.75) is 82.6 Å². The van der Waals surface area contributed by atoms with Gasteiger partial charge in [0.05, 0.1) is 4.90 Å². The minimum Gasteiger partial charge on any atom is -0.507 e. The molecule has 4 fully saturated rings. The number of phenols is 1. The molecule has 0 aliphatic heterocycles. The normalized spacial score (nSPS) is 39.6. The highest BCUT2D eigenvalue weighted by atomic mass is 32.2. The average molecular weight is 490 g/mol. The molecule has 0 bridgehead atoms. The maximum atomic E-state index is 13.0. The van der Waals surface area contributed by atoms with Crippen LogP contribution in [0, 0.1) is 34.5 Å². The van der Waals surface area contributed by atoms with Crippen molar-refractivity contribution >= 4 is 21.8 Å². The van der Waals surface area contributed by atoms with Crippen molar-refractivity contribution < 1.29 is 27.9 Å². The first kappa shape index (κ1) is 23.8. The molecule has 34 heavy (non-hydrogen) atoms. The number of ether oxygens (including phenoxy) is 1. The molecule has 8 heteroatoms. The molecule has 1 aromatic carbocycles. The lowest BCUT2D eigenvalue weighted by atomic mass is 9.45. The standard InChI is InChI=1S/C26H35NO6S/c1-25-11-9-16(28)13-15(25)3-5-18-20-6-8-23(26(20,2)12-10-21(18)25)33-24(30)19-14-17(34(27,31)32)4-7-22(19)29/h4,7,14-15,18,20-21,23,29H,3,5-6,8-13H2,1-2H3,(H2,27,31,32)/t15?,18?,20?,21?,23-,25-,26-/m0/s1.